The molecule has 0 radical (unpaired) electrons. The van der Waals surface area contributed by atoms with Crippen molar-refractivity contribution in [2.24, 2.45) is 0 Å². The molecular formula is C22H22N6O2. The van der Waals surface area contributed by atoms with Crippen molar-refractivity contribution in [1.82, 2.24) is 30.0 Å². The van der Waals surface area contributed by atoms with E-state index in [1.54, 1.807) is 22.2 Å². The van der Waals surface area contributed by atoms with Crippen molar-refractivity contribution < 1.29 is 9.59 Å². The summed E-state index contributed by atoms with van der Waals surface area (Å²) in [6.07, 6.45) is 3.88. The van der Waals surface area contributed by atoms with E-state index in [1.165, 1.54) is 6.20 Å². The number of rotatable bonds is 4. The predicted molar refractivity (Wildman–Crippen MR) is 113 cm³/mol. The van der Waals surface area contributed by atoms with Crippen LogP contribution < -0.4 is 10.9 Å². The SMILES string of the molecule is CCc1c(C(=O)NNC(=O)c2c(C)nc3ccccn23)cnn1-c1ccc(C)cc1. The first-order valence-corrected chi connectivity index (χ1v) is 9.68. The van der Waals surface area contributed by atoms with Crippen LogP contribution >= 0.6 is 0 Å². The van der Waals surface area contributed by atoms with Gasteiger partial charge in [0.2, 0.25) is 0 Å². The molecule has 0 atom stereocenters. The van der Waals surface area contributed by atoms with Crippen molar-refractivity contribution in [3.05, 3.63) is 83.1 Å². The Balaban J connectivity index is 1.54. The Labute approximate surface area is 173 Å². The smallest absolute Gasteiger partial charge is 0.288 e. The van der Waals surface area contributed by atoms with E-state index in [0.717, 1.165) is 16.9 Å². The third kappa shape index (κ3) is 3.43. The fraction of sp³-hybridized carbons (Fsp3) is 0.182. The van der Waals surface area contributed by atoms with Crippen LogP contribution in [0.2, 0.25) is 0 Å². The lowest BCUT2D eigenvalue weighted by atomic mass is 10.2. The Kier molecular flexibility index (Phi) is 5.05. The zero-order valence-electron chi connectivity index (χ0n) is 17.0. The van der Waals surface area contributed by atoms with Crippen LogP contribution in [0.5, 0.6) is 0 Å². The minimum absolute atomic E-state index is 0.372. The van der Waals surface area contributed by atoms with Gasteiger partial charge in [0, 0.05) is 6.20 Å². The molecule has 1 aromatic carbocycles. The zero-order chi connectivity index (χ0) is 21.3. The fourth-order valence-corrected chi connectivity index (χ4v) is 3.44. The average molecular weight is 402 g/mol. The topological polar surface area (TPSA) is 93.3 Å². The molecule has 8 nitrogen and oxygen atoms in total. The van der Waals surface area contributed by atoms with Crippen molar-refractivity contribution in [2.45, 2.75) is 27.2 Å². The summed E-state index contributed by atoms with van der Waals surface area (Å²) < 4.78 is 3.43. The van der Waals surface area contributed by atoms with Gasteiger partial charge in [-0.2, -0.15) is 5.10 Å². The lowest BCUT2D eigenvalue weighted by molar-refractivity contribution is 0.0842. The van der Waals surface area contributed by atoms with Crippen molar-refractivity contribution >= 4 is 17.5 Å². The van der Waals surface area contributed by atoms with Crippen molar-refractivity contribution in [3.63, 3.8) is 0 Å². The van der Waals surface area contributed by atoms with Crippen LogP contribution in [-0.4, -0.2) is 31.0 Å². The van der Waals surface area contributed by atoms with Crippen LogP contribution in [-0.2, 0) is 6.42 Å². The average Bonchev–Trinajstić information content (AvgIpc) is 3.32. The standard InChI is InChI=1S/C22H22N6O2/c1-4-18-17(13-23-28(18)16-10-8-14(2)9-11-16)21(29)25-26-22(30)20-15(3)24-19-7-5-6-12-27(19)20/h5-13H,4H2,1-3H3,(H,25,29)(H,26,30). The number of aromatic nitrogens is 4. The van der Waals surface area contributed by atoms with Crippen LogP contribution in [0.3, 0.4) is 0 Å². The first kappa shape index (κ1) is 19.4. The summed E-state index contributed by atoms with van der Waals surface area (Å²) in [7, 11) is 0. The molecule has 8 heteroatoms. The van der Waals surface area contributed by atoms with Gasteiger partial charge in [-0.05, 0) is 44.5 Å². The first-order valence-electron chi connectivity index (χ1n) is 9.68. The zero-order valence-corrected chi connectivity index (χ0v) is 17.0. The van der Waals surface area contributed by atoms with Gasteiger partial charge in [-0.15, -0.1) is 0 Å². The number of aryl methyl sites for hydroxylation is 2. The molecule has 0 aliphatic rings. The summed E-state index contributed by atoms with van der Waals surface area (Å²) in [5.74, 6) is -0.867. The molecule has 0 saturated heterocycles. The van der Waals surface area contributed by atoms with Gasteiger partial charge in [0.1, 0.15) is 11.3 Å². The number of hydrogen-bond acceptors (Lipinski definition) is 4. The van der Waals surface area contributed by atoms with E-state index < -0.39 is 11.8 Å². The number of fused-ring (bicyclic) bond motifs is 1. The van der Waals surface area contributed by atoms with E-state index in [-0.39, 0.29) is 0 Å². The Bertz CT molecular complexity index is 1240. The van der Waals surface area contributed by atoms with Crippen LogP contribution in [0.15, 0.2) is 54.9 Å². The highest BCUT2D eigenvalue weighted by molar-refractivity contribution is 5.99. The molecule has 152 valence electrons. The van der Waals surface area contributed by atoms with E-state index in [0.29, 0.717) is 29.0 Å². The van der Waals surface area contributed by atoms with Crippen molar-refractivity contribution in [2.75, 3.05) is 0 Å². The van der Waals surface area contributed by atoms with Crippen LogP contribution in [0, 0.1) is 13.8 Å². The third-order valence-corrected chi connectivity index (χ3v) is 4.94. The van der Waals surface area contributed by atoms with E-state index in [1.807, 2.05) is 56.3 Å². The Hall–Kier alpha value is -3.94. The molecule has 4 rings (SSSR count). The number of nitrogens with zero attached hydrogens (tertiary/aromatic N) is 4. The van der Waals surface area contributed by atoms with Gasteiger partial charge in [0.25, 0.3) is 11.8 Å². The predicted octanol–water partition coefficient (Wildman–Crippen LogP) is 2.77. The summed E-state index contributed by atoms with van der Waals surface area (Å²) >= 11 is 0. The Morgan fingerprint density at radius 2 is 1.73 bits per heavy atom. The second-order valence-corrected chi connectivity index (χ2v) is 6.99. The molecule has 30 heavy (non-hydrogen) atoms. The monoisotopic (exact) mass is 402 g/mol. The summed E-state index contributed by atoms with van der Waals surface area (Å²) in [5, 5.41) is 4.37. The van der Waals surface area contributed by atoms with E-state index in [4.69, 9.17) is 0 Å². The second kappa shape index (κ2) is 7.82. The van der Waals surface area contributed by atoms with Gasteiger partial charge in [0.05, 0.1) is 28.8 Å². The minimum atomic E-state index is -0.441. The molecule has 0 aliphatic heterocycles. The van der Waals surface area contributed by atoms with Gasteiger partial charge in [-0.25, -0.2) is 9.67 Å². The highest BCUT2D eigenvalue weighted by atomic mass is 16.2. The second-order valence-electron chi connectivity index (χ2n) is 6.99. The Morgan fingerprint density at radius 1 is 1.00 bits per heavy atom. The number of pyridine rings is 1. The third-order valence-electron chi connectivity index (χ3n) is 4.94. The highest BCUT2D eigenvalue weighted by Gasteiger charge is 2.20. The molecule has 0 unspecified atom stereocenters. The molecule has 2 amide bonds. The van der Waals surface area contributed by atoms with Gasteiger partial charge in [0.15, 0.2) is 0 Å². The fourth-order valence-electron chi connectivity index (χ4n) is 3.44. The molecule has 0 spiro atoms. The molecule has 4 aromatic rings. The maximum absolute atomic E-state index is 12.7. The molecular weight excluding hydrogens is 380 g/mol. The van der Waals surface area contributed by atoms with Crippen molar-refractivity contribution in [3.8, 4) is 5.69 Å². The van der Waals surface area contributed by atoms with Crippen molar-refractivity contribution in [1.29, 1.82) is 0 Å². The molecule has 3 heterocycles. The lowest BCUT2D eigenvalue weighted by Gasteiger charge is -2.10. The van der Waals surface area contributed by atoms with E-state index >= 15 is 0 Å². The molecule has 2 N–H and O–H groups in total. The van der Waals surface area contributed by atoms with Gasteiger partial charge >= 0.3 is 0 Å². The molecule has 0 bridgehead atoms. The van der Waals surface area contributed by atoms with Crippen LogP contribution in [0.4, 0.5) is 0 Å². The number of nitrogens with one attached hydrogen (secondary N) is 2. The summed E-state index contributed by atoms with van der Waals surface area (Å²) in [6.45, 7) is 5.73. The van der Waals surface area contributed by atoms with Gasteiger partial charge in [-0.1, -0.05) is 30.7 Å². The molecule has 3 aromatic heterocycles. The number of benzene rings is 1. The quantitative estimate of drug-likeness (QED) is 0.513. The molecule has 0 aliphatic carbocycles. The highest BCUT2D eigenvalue weighted by Crippen LogP contribution is 2.16. The van der Waals surface area contributed by atoms with Crippen LogP contribution in [0.1, 0.15) is 44.7 Å². The van der Waals surface area contributed by atoms with Gasteiger partial charge in [-0.3, -0.25) is 24.8 Å². The summed E-state index contributed by atoms with van der Waals surface area (Å²) in [5.41, 5.74) is 9.79. The minimum Gasteiger partial charge on any atom is -0.295 e. The number of hydrazine groups is 1. The summed E-state index contributed by atoms with van der Waals surface area (Å²) in [6, 6.07) is 13.4. The molecule has 0 saturated carbocycles. The normalized spacial score (nSPS) is 10.9. The maximum atomic E-state index is 12.7. The number of imidazole rings is 1. The van der Waals surface area contributed by atoms with Crippen LogP contribution in [0.25, 0.3) is 11.3 Å². The number of amides is 2. The van der Waals surface area contributed by atoms with E-state index in [9.17, 15) is 9.59 Å². The maximum Gasteiger partial charge on any atom is 0.288 e. The Morgan fingerprint density at radius 3 is 2.47 bits per heavy atom. The first-order chi connectivity index (χ1) is 14.5. The lowest BCUT2D eigenvalue weighted by Crippen LogP contribution is -2.42. The number of carbonyl (C=O) groups is 2. The van der Waals surface area contributed by atoms with E-state index in [2.05, 4.69) is 20.9 Å². The number of hydrogen-bond donors (Lipinski definition) is 2. The number of carbonyl (C=O) groups excluding carboxylic acids is 2. The largest absolute Gasteiger partial charge is 0.295 e. The summed E-state index contributed by atoms with van der Waals surface area (Å²) in [4.78, 5) is 29.8. The van der Waals surface area contributed by atoms with Gasteiger partial charge < -0.3 is 0 Å². The molecule has 0 fully saturated rings.